The van der Waals surface area contributed by atoms with E-state index in [1.54, 1.807) is 6.07 Å². The van der Waals surface area contributed by atoms with Gasteiger partial charge in [-0.3, -0.25) is 4.79 Å². The second-order valence-electron chi connectivity index (χ2n) is 2.88. The third-order valence-electron chi connectivity index (χ3n) is 1.85. The molecule has 0 saturated carbocycles. The van der Waals surface area contributed by atoms with Crippen LogP contribution in [0.3, 0.4) is 0 Å². The average molecular weight is 193 g/mol. The van der Waals surface area contributed by atoms with E-state index in [-0.39, 0.29) is 12.2 Å². The molecule has 0 amide bonds. The van der Waals surface area contributed by atoms with Gasteiger partial charge in [0.15, 0.2) is 5.58 Å². The molecule has 1 aromatic heterocycles. The van der Waals surface area contributed by atoms with Crippen LogP contribution >= 0.6 is 0 Å². The van der Waals surface area contributed by atoms with Gasteiger partial charge < -0.3 is 14.7 Å². The van der Waals surface area contributed by atoms with Crippen molar-refractivity contribution in [1.82, 2.24) is 5.16 Å². The molecular formula is C9H7NO4. The molecule has 0 atom stereocenters. The summed E-state index contributed by atoms with van der Waals surface area (Å²) in [5.74, 6) is -0.899. The fourth-order valence-electron chi connectivity index (χ4n) is 1.25. The number of rotatable bonds is 2. The van der Waals surface area contributed by atoms with Crippen LogP contribution in [0.5, 0.6) is 5.75 Å². The van der Waals surface area contributed by atoms with Gasteiger partial charge in [-0.15, -0.1) is 0 Å². The molecule has 72 valence electrons. The molecule has 0 unspecified atom stereocenters. The fourth-order valence-corrected chi connectivity index (χ4v) is 1.25. The minimum absolute atomic E-state index is 0.0653. The normalized spacial score (nSPS) is 10.6. The highest BCUT2D eigenvalue weighted by Crippen LogP contribution is 2.22. The van der Waals surface area contributed by atoms with Crippen molar-refractivity contribution in [2.45, 2.75) is 6.42 Å². The number of carboxylic acid groups (broad SMARTS) is 1. The topological polar surface area (TPSA) is 83.6 Å². The van der Waals surface area contributed by atoms with Crippen molar-refractivity contribution in [1.29, 1.82) is 0 Å². The monoisotopic (exact) mass is 193 g/mol. The molecule has 14 heavy (non-hydrogen) atoms. The zero-order valence-electron chi connectivity index (χ0n) is 7.10. The Morgan fingerprint density at radius 1 is 1.50 bits per heavy atom. The lowest BCUT2D eigenvalue weighted by molar-refractivity contribution is -0.136. The number of carboxylic acids is 1. The quantitative estimate of drug-likeness (QED) is 0.747. The molecule has 0 spiro atoms. The van der Waals surface area contributed by atoms with Crippen LogP contribution in [0.15, 0.2) is 22.7 Å². The summed E-state index contributed by atoms with van der Waals surface area (Å²) in [6.07, 6.45) is -0.183. The third kappa shape index (κ3) is 1.39. The highest BCUT2D eigenvalue weighted by Gasteiger charge is 2.11. The number of carbonyl (C=O) groups is 1. The summed E-state index contributed by atoms with van der Waals surface area (Å²) in [7, 11) is 0. The van der Waals surface area contributed by atoms with Gasteiger partial charge in [0.25, 0.3) is 0 Å². The Morgan fingerprint density at radius 3 is 3.00 bits per heavy atom. The largest absolute Gasteiger partial charge is 0.508 e. The number of hydrogen-bond donors (Lipinski definition) is 2. The van der Waals surface area contributed by atoms with E-state index in [1.165, 1.54) is 12.1 Å². The molecule has 5 heteroatoms. The smallest absolute Gasteiger partial charge is 0.309 e. The van der Waals surface area contributed by atoms with Gasteiger partial charge >= 0.3 is 5.97 Å². The van der Waals surface area contributed by atoms with Crippen LogP contribution in [0, 0.1) is 0 Å². The SMILES string of the molecule is O=C(O)Cc1noc2cc(O)ccc12. The van der Waals surface area contributed by atoms with E-state index in [2.05, 4.69) is 5.16 Å². The van der Waals surface area contributed by atoms with Crippen molar-refractivity contribution in [3.8, 4) is 5.75 Å². The Kier molecular flexibility index (Phi) is 1.85. The Bertz CT molecular complexity index is 489. The maximum Gasteiger partial charge on any atom is 0.309 e. The van der Waals surface area contributed by atoms with Crippen molar-refractivity contribution in [2.75, 3.05) is 0 Å². The summed E-state index contributed by atoms with van der Waals surface area (Å²) >= 11 is 0. The van der Waals surface area contributed by atoms with Gasteiger partial charge in [-0.2, -0.15) is 0 Å². The summed E-state index contributed by atoms with van der Waals surface area (Å²) in [5.41, 5.74) is 0.758. The number of aliphatic carboxylic acids is 1. The summed E-state index contributed by atoms with van der Waals surface area (Å²) in [6.45, 7) is 0. The van der Waals surface area contributed by atoms with Crippen molar-refractivity contribution in [3.05, 3.63) is 23.9 Å². The summed E-state index contributed by atoms with van der Waals surface area (Å²) in [6, 6.07) is 4.44. The van der Waals surface area contributed by atoms with Crippen LogP contribution in [0.4, 0.5) is 0 Å². The average Bonchev–Trinajstić information content (AvgIpc) is 2.47. The maximum atomic E-state index is 10.4. The minimum atomic E-state index is -0.965. The standard InChI is InChI=1S/C9H7NO4/c11-5-1-2-6-7(4-9(12)13)10-14-8(6)3-5/h1-3,11H,4H2,(H,12,13). The Hall–Kier alpha value is -2.04. The summed E-state index contributed by atoms with van der Waals surface area (Å²) in [5, 5.41) is 21.9. The molecular weight excluding hydrogens is 186 g/mol. The van der Waals surface area contributed by atoms with Crippen molar-refractivity contribution in [2.24, 2.45) is 0 Å². The molecule has 0 bridgehead atoms. The van der Waals surface area contributed by atoms with E-state index in [4.69, 9.17) is 14.7 Å². The molecule has 2 aromatic rings. The maximum absolute atomic E-state index is 10.4. The molecule has 1 heterocycles. The molecule has 1 aromatic carbocycles. The van der Waals surface area contributed by atoms with Gasteiger partial charge in [-0.1, -0.05) is 5.16 Å². The number of aromatic nitrogens is 1. The van der Waals surface area contributed by atoms with E-state index < -0.39 is 5.97 Å². The summed E-state index contributed by atoms with van der Waals surface area (Å²) < 4.78 is 4.86. The number of nitrogens with zero attached hydrogens (tertiary/aromatic N) is 1. The second-order valence-corrected chi connectivity index (χ2v) is 2.88. The van der Waals surface area contributed by atoms with Gasteiger partial charge in [0.2, 0.25) is 0 Å². The van der Waals surface area contributed by atoms with E-state index in [0.717, 1.165) is 0 Å². The highest BCUT2D eigenvalue weighted by atomic mass is 16.5. The van der Waals surface area contributed by atoms with Crippen LogP contribution in [0.1, 0.15) is 5.69 Å². The molecule has 0 fully saturated rings. The van der Waals surface area contributed by atoms with Crippen LogP contribution in [0.25, 0.3) is 11.0 Å². The molecule has 0 aliphatic rings. The number of benzene rings is 1. The third-order valence-corrected chi connectivity index (χ3v) is 1.85. The first-order valence-corrected chi connectivity index (χ1v) is 3.96. The molecule has 5 nitrogen and oxygen atoms in total. The first-order chi connectivity index (χ1) is 6.66. The molecule has 2 N–H and O–H groups in total. The lowest BCUT2D eigenvalue weighted by Gasteiger charge is -1.91. The van der Waals surface area contributed by atoms with E-state index in [0.29, 0.717) is 16.7 Å². The summed E-state index contributed by atoms with van der Waals surface area (Å²) in [4.78, 5) is 10.4. The first-order valence-electron chi connectivity index (χ1n) is 3.96. The van der Waals surface area contributed by atoms with E-state index >= 15 is 0 Å². The zero-order valence-corrected chi connectivity index (χ0v) is 7.10. The second kappa shape index (κ2) is 3.02. The minimum Gasteiger partial charge on any atom is -0.508 e. The van der Waals surface area contributed by atoms with Gasteiger partial charge in [-0.05, 0) is 12.1 Å². The van der Waals surface area contributed by atoms with Crippen molar-refractivity contribution in [3.63, 3.8) is 0 Å². The number of fused-ring (bicyclic) bond motifs is 1. The van der Waals surface area contributed by atoms with Crippen LogP contribution in [0.2, 0.25) is 0 Å². The predicted octanol–water partition coefficient (Wildman–Crippen LogP) is 1.16. The molecule has 0 aliphatic carbocycles. The lowest BCUT2D eigenvalue weighted by Crippen LogP contribution is -2.00. The van der Waals surface area contributed by atoms with Gasteiger partial charge in [0, 0.05) is 11.5 Å². The Labute approximate surface area is 78.6 Å². The number of hydrogen-bond acceptors (Lipinski definition) is 4. The first kappa shape index (κ1) is 8.55. The lowest BCUT2D eigenvalue weighted by atomic mass is 10.2. The van der Waals surface area contributed by atoms with E-state index in [1.807, 2.05) is 0 Å². The Morgan fingerprint density at radius 2 is 2.29 bits per heavy atom. The number of aromatic hydroxyl groups is 1. The zero-order chi connectivity index (χ0) is 10.1. The molecule has 0 saturated heterocycles. The highest BCUT2D eigenvalue weighted by molar-refractivity contribution is 5.84. The molecule has 0 radical (unpaired) electrons. The number of phenols is 1. The van der Waals surface area contributed by atoms with Gasteiger partial charge in [0.1, 0.15) is 11.4 Å². The van der Waals surface area contributed by atoms with Crippen LogP contribution < -0.4 is 0 Å². The van der Waals surface area contributed by atoms with Crippen LogP contribution in [-0.4, -0.2) is 21.3 Å². The van der Waals surface area contributed by atoms with Crippen LogP contribution in [-0.2, 0) is 11.2 Å². The fraction of sp³-hybridized carbons (Fsp3) is 0.111. The van der Waals surface area contributed by atoms with Gasteiger partial charge in [-0.25, -0.2) is 0 Å². The molecule has 0 aliphatic heterocycles. The number of phenolic OH excluding ortho intramolecular Hbond substituents is 1. The molecule has 2 rings (SSSR count). The van der Waals surface area contributed by atoms with E-state index in [9.17, 15) is 4.79 Å². The predicted molar refractivity (Wildman–Crippen MR) is 47.0 cm³/mol. The van der Waals surface area contributed by atoms with Crippen molar-refractivity contribution < 1.29 is 19.5 Å². The van der Waals surface area contributed by atoms with Crippen molar-refractivity contribution >= 4 is 16.9 Å². The Balaban J connectivity index is 2.52. The van der Waals surface area contributed by atoms with Gasteiger partial charge in [0.05, 0.1) is 6.42 Å².